The second-order valence-electron chi connectivity index (χ2n) is 6.27. The zero-order chi connectivity index (χ0) is 18.6. The third-order valence-corrected chi connectivity index (χ3v) is 4.65. The van der Waals surface area contributed by atoms with E-state index in [1.807, 2.05) is 53.2 Å². The molecule has 2 aromatic heterocycles. The van der Waals surface area contributed by atoms with E-state index in [9.17, 15) is 4.79 Å². The molecule has 6 nitrogen and oxygen atoms in total. The van der Waals surface area contributed by atoms with Crippen LogP contribution in [0.15, 0.2) is 67.4 Å². The molecule has 2 aromatic carbocycles. The molecule has 4 aromatic rings. The summed E-state index contributed by atoms with van der Waals surface area (Å²) in [6.07, 6.45) is 7.49. The van der Waals surface area contributed by atoms with Gasteiger partial charge in [0, 0.05) is 36.4 Å². The van der Waals surface area contributed by atoms with E-state index in [1.54, 1.807) is 23.4 Å². The Labute approximate surface area is 161 Å². The van der Waals surface area contributed by atoms with Crippen molar-refractivity contribution in [2.24, 2.45) is 0 Å². The van der Waals surface area contributed by atoms with E-state index in [1.165, 1.54) is 0 Å². The van der Waals surface area contributed by atoms with Gasteiger partial charge in [0.15, 0.2) is 0 Å². The Kier molecular flexibility index (Phi) is 4.89. The van der Waals surface area contributed by atoms with E-state index in [4.69, 9.17) is 11.6 Å². The minimum absolute atomic E-state index is 0.0551. The van der Waals surface area contributed by atoms with E-state index in [0.717, 1.165) is 22.2 Å². The highest BCUT2D eigenvalue weighted by Gasteiger charge is 2.08. The number of hydrogen-bond acceptors (Lipinski definition) is 3. The van der Waals surface area contributed by atoms with Crippen LogP contribution in [0.2, 0.25) is 5.02 Å². The highest BCUT2D eigenvalue weighted by molar-refractivity contribution is 6.35. The second-order valence-corrected chi connectivity index (χ2v) is 6.68. The maximum atomic E-state index is 12.3. The summed E-state index contributed by atoms with van der Waals surface area (Å²) in [6, 6.07) is 13.5. The molecule has 4 rings (SSSR count). The van der Waals surface area contributed by atoms with Crippen molar-refractivity contribution < 1.29 is 4.79 Å². The lowest BCUT2D eigenvalue weighted by atomic mass is 10.2. The number of anilines is 1. The van der Waals surface area contributed by atoms with E-state index in [0.29, 0.717) is 24.5 Å². The molecule has 0 spiro atoms. The fourth-order valence-electron chi connectivity index (χ4n) is 3.02. The van der Waals surface area contributed by atoms with E-state index in [-0.39, 0.29) is 5.91 Å². The first-order chi connectivity index (χ1) is 13.2. The number of nitrogens with zero attached hydrogens (tertiary/aromatic N) is 4. The van der Waals surface area contributed by atoms with Gasteiger partial charge in [-0.3, -0.25) is 9.48 Å². The van der Waals surface area contributed by atoms with Crippen LogP contribution < -0.4 is 5.32 Å². The van der Waals surface area contributed by atoms with Gasteiger partial charge in [-0.25, -0.2) is 4.98 Å². The molecule has 0 saturated carbocycles. The first-order valence-corrected chi connectivity index (χ1v) is 9.01. The van der Waals surface area contributed by atoms with Gasteiger partial charge in [0.1, 0.15) is 0 Å². The summed E-state index contributed by atoms with van der Waals surface area (Å²) in [4.78, 5) is 16.4. The quantitative estimate of drug-likeness (QED) is 0.551. The molecule has 136 valence electrons. The molecule has 0 bridgehead atoms. The summed E-state index contributed by atoms with van der Waals surface area (Å²) in [5.74, 6) is -0.0551. The monoisotopic (exact) mass is 379 g/mol. The van der Waals surface area contributed by atoms with Gasteiger partial charge in [0.05, 0.1) is 29.6 Å². The van der Waals surface area contributed by atoms with Gasteiger partial charge in [-0.2, -0.15) is 5.10 Å². The number of carbonyl (C=O) groups is 1. The predicted molar refractivity (Wildman–Crippen MR) is 106 cm³/mol. The maximum Gasteiger partial charge on any atom is 0.226 e. The number of halogens is 1. The number of rotatable bonds is 6. The summed E-state index contributed by atoms with van der Waals surface area (Å²) in [7, 11) is 0. The van der Waals surface area contributed by atoms with Gasteiger partial charge in [-0.1, -0.05) is 29.8 Å². The normalized spacial score (nSPS) is 11.0. The zero-order valence-corrected chi connectivity index (χ0v) is 15.3. The van der Waals surface area contributed by atoms with Crippen molar-refractivity contribution in [1.82, 2.24) is 19.3 Å². The summed E-state index contributed by atoms with van der Waals surface area (Å²) in [5, 5.41) is 8.85. The number of amides is 1. The number of nitrogens with one attached hydrogen (secondary N) is 1. The summed E-state index contributed by atoms with van der Waals surface area (Å²) < 4.78 is 3.78. The van der Waals surface area contributed by atoms with Gasteiger partial charge in [0.2, 0.25) is 5.91 Å². The Morgan fingerprint density at radius 2 is 2.07 bits per heavy atom. The largest absolute Gasteiger partial charge is 0.333 e. The lowest BCUT2D eigenvalue weighted by Crippen LogP contribution is -2.15. The summed E-state index contributed by atoms with van der Waals surface area (Å²) >= 11 is 6.17. The lowest BCUT2D eigenvalue weighted by molar-refractivity contribution is -0.116. The van der Waals surface area contributed by atoms with Crippen molar-refractivity contribution in [1.29, 1.82) is 0 Å². The molecule has 0 unspecified atom stereocenters. The average molecular weight is 380 g/mol. The molecule has 1 amide bonds. The number of carbonyl (C=O) groups excluding carboxylic acids is 1. The SMILES string of the molecule is O=C(CCn1ncc2c(Cl)cccc21)Nc1cccc(Cn2ccnc2)c1. The Bertz CT molecular complexity index is 1070. The number of benzene rings is 2. The van der Waals surface area contributed by atoms with Crippen LogP contribution in [0.25, 0.3) is 10.9 Å². The minimum atomic E-state index is -0.0551. The molecule has 27 heavy (non-hydrogen) atoms. The van der Waals surface area contributed by atoms with E-state index >= 15 is 0 Å². The summed E-state index contributed by atoms with van der Waals surface area (Å²) in [6.45, 7) is 1.20. The lowest BCUT2D eigenvalue weighted by Gasteiger charge is -2.09. The zero-order valence-electron chi connectivity index (χ0n) is 14.5. The Morgan fingerprint density at radius 1 is 1.19 bits per heavy atom. The Morgan fingerprint density at radius 3 is 2.93 bits per heavy atom. The molecule has 2 heterocycles. The van der Waals surface area contributed by atoms with Crippen molar-refractivity contribution in [3.63, 3.8) is 0 Å². The fourth-order valence-corrected chi connectivity index (χ4v) is 3.23. The Balaban J connectivity index is 1.38. The van der Waals surface area contributed by atoms with Crippen LogP contribution in [0.4, 0.5) is 5.69 Å². The molecular formula is C20H18ClN5O. The third kappa shape index (κ3) is 4.01. The van der Waals surface area contributed by atoms with Crippen molar-refractivity contribution in [3.05, 3.63) is 78.0 Å². The van der Waals surface area contributed by atoms with Crippen LogP contribution in [-0.4, -0.2) is 25.2 Å². The highest BCUT2D eigenvalue weighted by Crippen LogP contribution is 2.22. The second kappa shape index (κ2) is 7.63. The molecule has 1 N–H and O–H groups in total. The van der Waals surface area contributed by atoms with Gasteiger partial charge < -0.3 is 9.88 Å². The van der Waals surface area contributed by atoms with E-state index < -0.39 is 0 Å². The minimum Gasteiger partial charge on any atom is -0.333 e. The van der Waals surface area contributed by atoms with Crippen molar-refractivity contribution in [2.45, 2.75) is 19.5 Å². The van der Waals surface area contributed by atoms with Gasteiger partial charge in [-0.05, 0) is 29.8 Å². The molecule has 0 fully saturated rings. The highest BCUT2D eigenvalue weighted by atomic mass is 35.5. The molecule has 0 saturated heterocycles. The molecule has 7 heteroatoms. The van der Waals surface area contributed by atoms with E-state index in [2.05, 4.69) is 15.4 Å². The smallest absolute Gasteiger partial charge is 0.226 e. The van der Waals surface area contributed by atoms with Crippen molar-refractivity contribution >= 4 is 34.1 Å². The predicted octanol–water partition coefficient (Wildman–Crippen LogP) is 3.96. The number of fused-ring (bicyclic) bond motifs is 1. The van der Waals surface area contributed by atoms with Crippen LogP contribution >= 0.6 is 11.6 Å². The average Bonchev–Trinajstić information content (AvgIpc) is 3.31. The molecular weight excluding hydrogens is 362 g/mol. The number of aromatic nitrogens is 4. The number of imidazole rings is 1. The first kappa shape index (κ1) is 17.3. The fraction of sp³-hybridized carbons (Fsp3) is 0.150. The van der Waals surface area contributed by atoms with Crippen LogP contribution in [0, 0.1) is 0 Å². The number of hydrogen-bond donors (Lipinski definition) is 1. The van der Waals surface area contributed by atoms with Gasteiger partial charge in [-0.15, -0.1) is 0 Å². The van der Waals surface area contributed by atoms with Gasteiger partial charge in [0.25, 0.3) is 0 Å². The summed E-state index contributed by atoms with van der Waals surface area (Å²) in [5.41, 5.74) is 2.81. The van der Waals surface area contributed by atoms with Crippen molar-refractivity contribution in [3.8, 4) is 0 Å². The van der Waals surface area contributed by atoms with Gasteiger partial charge >= 0.3 is 0 Å². The topological polar surface area (TPSA) is 64.7 Å². The molecule has 0 aliphatic rings. The molecule has 0 aliphatic carbocycles. The standard InChI is InChI=1S/C20H18ClN5O/c21-18-5-2-6-19-17(18)12-23-26(19)9-7-20(27)24-16-4-1-3-15(11-16)13-25-10-8-22-14-25/h1-6,8,10-12,14H,7,9,13H2,(H,24,27). The van der Waals surface area contributed by atoms with Crippen molar-refractivity contribution in [2.75, 3.05) is 5.32 Å². The number of aryl methyl sites for hydroxylation is 1. The molecule has 0 radical (unpaired) electrons. The third-order valence-electron chi connectivity index (χ3n) is 4.32. The molecule has 0 aliphatic heterocycles. The van der Waals surface area contributed by atoms with Crippen LogP contribution in [0.5, 0.6) is 0 Å². The first-order valence-electron chi connectivity index (χ1n) is 8.63. The molecule has 0 atom stereocenters. The van der Waals surface area contributed by atoms with Crippen LogP contribution in [-0.2, 0) is 17.9 Å². The van der Waals surface area contributed by atoms with Crippen LogP contribution in [0.3, 0.4) is 0 Å². The Hall–Kier alpha value is -3.12. The van der Waals surface area contributed by atoms with Crippen LogP contribution in [0.1, 0.15) is 12.0 Å². The maximum absolute atomic E-state index is 12.3.